The number of hydrogen-bond donors (Lipinski definition) is 0. The van der Waals surface area contributed by atoms with Crippen LogP contribution in [0.25, 0.3) is 16.9 Å². The summed E-state index contributed by atoms with van der Waals surface area (Å²) in [6.45, 7) is 7.95. The average Bonchev–Trinajstić information content (AvgIpc) is 3.48. The van der Waals surface area contributed by atoms with Crippen LogP contribution < -0.4 is 11.2 Å². The molecule has 0 spiro atoms. The number of benzene rings is 2. The van der Waals surface area contributed by atoms with Crippen molar-refractivity contribution >= 4 is 11.2 Å². The normalized spacial score (nSPS) is 16.4. The zero-order valence-corrected chi connectivity index (χ0v) is 19.9. The smallest absolute Gasteiger partial charge is 0.337 e. The van der Waals surface area contributed by atoms with E-state index in [1.54, 1.807) is 6.33 Å². The Morgan fingerprint density at radius 1 is 1.03 bits per heavy atom. The van der Waals surface area contributed by atoms with E-state index in [0.29, 0.717) is 30.0 Å². The average molecular weight is 459 g/mol. The Hall–Kier alpha value is -3.45. The molecule has 0 amide bonds. The van der Waals surface area contributed by atoms with Crippen LogP contribution in [0.1, 0.15) is 44.7 Å². The van der Waals surface area contributed by atoms with Gasteiger partial charge in [0.1, 0.15) is 0 Å². The van der Waals surface area contributed by atoms with Crippen LogP contribution >= 0.6 is 0 Å². The van der Waals surface area contributed by atoms with Gasteiger partial charge in [-0.15, -0.1) is 0 Å². The van der Waals surface area contributed by atoms with Crippen molar-refractivity contribution in [3.63, 3.8) is 0 Å². The topological polar surface area (TPSA) is 71.1 Å². The fourth-order valence-electron chi connectivity index (χ4n) is 4.57. The maximum atomic E-state index is 13.6. The van der Waals surface area contributed by atoms with Gasteiger partial charge in [-0.1, -0.05) is 63.2 Å². The van der Waals surface area contributed by atoms with Crippen molar-refractivity contribution in [3.8, 4) is 5.69 Å². The fourth-order valence-corrected chi connectivity index (χ4v) is 4.57. The molecule has 0 saturated carbocycles. The highest BCUT2D eigenvalue weighted by Gasteiger charge is 2.23. The second kappa shape index (κ2) is 8.72. The van der Waals surface area contributed by atoms with E-state index < -0.39 is 0 Å². The van der Waals surface area contributed by atoms with E-state index in [0.717, 1.165) is 18.4 Å². The molecule has 34 heavy (non-hydrogen) atoms. The van der Waals surface area contributed by atoms with Crippen LogP contribution in [-0.2, 0) is 23.2 Å². The molecule has 176 valence electrons. The van der Waals surface area contributed by atoms with Gasteiger partial charge in [-0.05, 0) is 41.5 Å². The molecule has 2 aromatic carbocycles. The molecule has 0 N–H and O–H groups in total. The van der Waals surface area contributed by atoms with E-state index >= 15 is 0 Å². The van der Waals surface area contributed by atoms with Crippen molar-refractivity contribution in [1.82, 2.24) is 18.7 Å². The van der Waals surface area contributed by atoms with E-state index in [9.17, 15) is 9.59 Å². The predicted molar refractivity (Wildman–Crippen MR) is 133 cm³/mol. The standard InChI is InChI=1S/C27H30N4O3/c1-27(2,3)20-13-11-19(12-14-20)16-29-18-28-24-23(29)25(32)30(17-22-10-7-15-34-22)26(33)31(24)21-8-5-4-6-9-21/h4-6,8-9,11-14,18,22H,7,10,15-17H2,1-3H3. The van der Waals surface area contributed by atoms with Gasteiger partial charge in [0, 0.05) is 13.2 Å². The summed E-state index contributed by atoms with van der Waals surface area (Å²) in [5.41, 5.74) is 3.14. The minimum atomic E-state index is -0.390. The lowest BCUT2D eigenvalue weighted by atomic mass is 9.87. The van der Waals surface area contributed by atoms with Gasteiger partial charge in [-0.3, -0.25) is 9.36 Å². The molecule has 0 bridgehead atoms. The maximum Gasteiger partial charge on any atom is 0.337 e. The highest BCUT2D eigenvalue weighted by atomic mass is 16.5. The van der Waals surface area contributed by atoms with Gasteiger partial charge in [-0.25, -0.2) is 14.3 Å². The quantitative estimate of drug-likeness (QED) is 0.455. The Labute approximate surface area is 198 Å². The van der Waals surface area contributed by atoms with Crippen LogP contribution in [0.2, 0.25) is 0 Å². The van der Waals surface area contributed by atoms with E-state index in [4.69, 9.17) is 4.74 Å². The van der Waals surface area contributed by atoms with Crippen molar-refractivity contribution in [2.24, 2.45) is 0 Å². The lowest BCUT2D eigenvalue weighted by molar-refractivity contribution is 0.0950. The molecule has 3 heterocycles. The van der Waals surface area contributed by atoms with Gasteiger partial charge >= 0.3 is 5.69 Å². The van der Waals surface area contributed by atoms with Gasteiger partial charge in [0.15, 0.2) is 11.2 Å². The lowest BCUT2D eigenvalue weighted by Crippen LogP contribution is -2.42. The molecule has 1 saturated heterocycles. The van der Waals surface area contributed by atoms with Crippen molar-refractivity contribution < 1.29 is 4.74 Å². The molecule has 1 aliphatic rings. The van der Waals surface area contributed by atoms with Crippen LogP contribution in [0.4, 0.5) is 0 Å². The molecule has 1 atom stereocenters. The summed E-state index contributed by atoms with van der Waals surface area (Å²) in [6, 6.07) is 17.8. The van der Waals surface area contributed by atoms with E-state index in [1.807, 2.05) is 34.9 Å². The molecule has 1 aliphatic heterocycles. The molecule has 5 rings (SSSR count). The summed E-state index contributed by atoms with van der Waals surface area (Å²) < 4.78 is 10.4. The van der Waals surface area contributed by atoms with Crippen LogP contribution in [0.3, 0.4) is 0 Å². The predicted octanol–water partition coefficient (Wildman–Crippen LogP) is 3.87. The number of nitrogens with zero attached hydrogens (tertiary/aromatic N) is 4. The Morgan fingerprint density at radius 2 is 1.76 bits per heavy atom. The van der Waals surface area contributed by atoms with Crippen LogP contribution in [0.5, 0.6) is 0 Å². The van der Waals surface area contributed by atoms with Crippen LogP contribution in [0, 0.1) is 0 Å². The minimum Gasteiger partial charge on any atom is -0.376 e. The molecule has 1 fully saturated rings. The van der Waals surface area contributed by atoms with Crippen LogP contribution in [-0.4, -0.2) is 31.4 Å². The van der Waals surface area contributed by atoms with Crippen molar-refractivity contribution in [3.05, 3.63) is 92.9 Å². The first-order valence-electron chi connectivity index (χ1n) is 11.8. The van der Waals surface area contributed by atoms with Gasteiger partial charge in [-0.2, -0.15) is 0 Å². The largest absolute Gasteiger partial charge is 0.376 e. The summed E-state index contributed by atoms with van der Waals surface area (Å²) in [5, 5.41) is 0. The van der Waals surface area contributed by atoms with E-state index in [2.05, 4.69) is 50.0 Å². The Bertz CT molecular complexity index is 1420. The molecular weight excluding hydrogens is 428 g/mol. The highest BCUT2D eigenvalue weighted by Crippen LogP contribution is 2.23. The summed E-state index contributed by atoms with van der Waals surface area (Å²) >= 11 is 0. The Morgan fingerprint density at radius 3 is 2.41 bits per heavy atom. The van der Waals surface area contributed by atoms with Crippen molar-refractivity contribution in [2.75, 3.05) is 6.61 Å². The Balaban J connectivity index is 1.64. The number of hydrogen-bond acceptors (Lipinski definition) is 4. The fraction of sp³-hybridized carbons (Fsp3) is 0.370. The molecule has 7 nitrogen and oxygen atoms in total. The first-order chi connectivity index (χ1) is 16.3. The number of fused-ring (bicyclic) bond motifs is 1. The van der Waals surface area contributed by atoms with E-state index in [1.165, 1.54) is 14.7 Å². The van der Waals surface area contributed by atoms with E-state index in [-0.39, 0.29) is 29.3 Å². The zero-order valence-electron chi connectivity index (χ0n) is 19.9. The molecule has 2 aromatic heterocycles. The minimum absolute atomic E-state index is 0.0715. The second-order valence-corrected chi connectivity index (χ2v) is 10.00. The van der Waals surface area contributed by atoms with Crippen molar-refractivity contribution in [2.45, 2.75) is 58.2 Å². The number of imidazole rings is 1. The highest BCUT2D eigenvalue weighted by molar-refractivity contribution is 5.72. The SMILES string of the molecule is CC(C)(C)c1ccc(Cn2cnc3c2c(=O)n(CC2CCCO2)c(=O)n3-c2ccccc2)cc1. The number of para-hydroxylation sites is 1. The molecule has 0 radical (unpaired) electrons. The number of ether oxygens (including phenoxy) is 1. The number of rotatable bonds is 5. The maximum absolute atomic E-state index is 13.6. The Kier molecular flexibility index (Phi) is 5.73. The van der Waals surface area contributed by atoms with Crippen LogP contribution in [0.15, 0.2) is 70.5 Å². The summed E-state index contributed by atoms with van der Waals surface area (Å²) in [5.74, 6) is 0. The molecular formula is C27H30N4O3. The summed E-state index contributed by atoms with van der Waals surface area (Å²) in [4.78, 5) is 31.6. The van der Waals surface area contributed by atoms with Gasteiger partial charge in [0.25, 0.3) is 5.56 Å². The van der Waals surface area contributed by atoms with Gasteiger partial charge in [0.05, 0.1) is 24.7 Å². The van der Waals surface area contributed by atoms with Crippen molar-refractivity contribution in [1.29, 1.82) is 0 Å². The second-order valence-electron chi connectivity index (χ2n) is 10.00. The third-order valence-electron chi connectivity index (χ3n) is 6.50. The summed E-state index contributed by atoms with van der Waals surface area (Å²) in [6.07, 6.45) is 3.30. The monoisotopic (exact) mass is 458 g/mol. The lowest BCUT2D eigenvalue weighted by Gasteiger charge is -2.19. The summed E-state index contributed by atoms with van der Waals surface area (Å²) in [7, 11) is 0. The third kappa shape index (κ3) is 4.12. The third-order valence-corrected chi connectivity index (χ3v) is 6.50. The van der Waals surface area contributed by atoms with Gasteiger partial charge < -0.3 is 9.30 Å². The molecule has 1 unspecified atom stereocenters. The molecule has 4 aromatic rings. The first-order valence-corrected chi connectivity index (χ1v) is 11.8. The number of aromatic nitrogens is 4. The molecule has 0 aliphatic carbocycles. The molecule has 7 heteroatoms. The zero-order chi connectivity index (χ0) is 23.9. The first kappa shape index (κ1) is 22.3. The van der Waals surface area contributed by atoms with Gasteiger partial charge in [0.2, 0.25) is 0 Å².